The van der Waals surface area contributed by atoms with Crippen LogP contribution in [0.25, 0.3) is 6.08 Å². The van der Waals surface area contributed by atoms with E-state index in [-0.39, 0.29) is 11.3 Å². The average Bonchev–Trinajstić information content (AvgIpc) is 2.68. The minimum Gasteiger partial charge on any atom is -0.493 e. The molecule has 7 nitrogen and oxygen atoms in total. The van der Waals surface area contributed by atoms with Gasteiger partial charge in [0.25, 0.3) is 11.8 Å². The molecule has 3 rings (SSSR count). The highest BCUT2D eigenvalue weighted by Crippen LogP contribution is 2.30. The number of carbonyl (C=O) groups is 3. The van der Waals surface area contributed by atoms with E-state index in [2.05, 4.69) is 5.32 Å². The van der Waals surface area contributed by atoms with Crippen molar-refractivity contribution >= 4 is 41.2 Å². The summed E-state index contributed by atoms with van der Waals surface area (Å²) in [4.78, 5) is 38.5. The highest BCUT2D eigenvalue weighted by Gasteiger charge is 2.37. The van der Waals surface area contributed by atoms with E-state index >= 15 is 0 Å². The number of hydrogen-bond acceptors (Lipinski definition) is 5. The van der Waals surface area contributed by atoms with Crippen molar-refractivity contribution in [2.75, 3.05) is 18.6 Å². The lowest BCUT2D eigenvalue weighted by atomic mass is 10.1. The number of hydrogen-bond donors (Lipinski definition) is 1. The molecule has 1 aliphatic rings. The van der Waals surface area contributed by atoms with Crippen molar-refractivity contribution in [3.8, 4) is 11.5 Å². The van der Waals surface area contributed by atoms with Crippen LogP contribution in [0.3, 0.4) is 0 Å². The fraction of sp³-hybridized carbons (Fsp3) is 0.190. The third-order valence-corrected chi connectivity index (χ3v) is 4.72. The van der Waals surface area contributed by atoms with Crippen molar-refractivity contribution in [2.45, 2.75) is 13.8 Å². The summed E-state index contributed by atoms with van der Waals surface area (Å²) in [5.41, 5.74) is 1.43. The number of benzene rings is 2. The number of halogens is 1. The first-order valence-electron chi connectivity index (χ1n) is 8.84. The third-order valence-electron chi connectivity index (χ3n) is 4.31. The number of anilines is 1. The van der Waals surface area contributed by atoms with Gasteiger partial charge in [0, 0.05) is 5.02 Å². The molecule has 0 saturated carbocycles. The van der Waals surface area contributed by atoms with Crippen LogP contribution < -0.4 is 19.7 Å². The molecule has 8 heteroatoms. The second-order valence-corrected chi connectivity index (χ2v) is 6.64. The second-order valence-electron chi connectivity index (χ2n) is 6.23. The zero-order chi connectivity index (χ0) is 21.1. The van der Waals surface area contributed by atoms with Crippen LogP contribution >= 0.6 is 11.6 Å². The molecule has 2 aromatic rings. The standard InChI is InChI=1S/C21H19ClN2O5/c1-4-29-18-10-13(6-8-17(18)28-3)9-15-19(25)23-21(27)24(20(15)26)14-7-5-12(2)16(22)11-14/h5-11H,4H2,1-3H3,(H,23,25,27)/b15-9-. The van der Waals surface area contributed by atoms with Crippen molar-refractivity contribution in [2.24, 2.45) is 0 Å². The first-order valence-corrected chi connectivity index (χ1v) is 9.22. The van der Waals surface area contributed by atoms with Crippen molar-refractivity contribution in [1.82, 2.24) is 5.32 Å². The van der Waals surface area contributed by atoms with Crippen molar-refractivity contribution in [3.05, 3.63) is 58.1 Å². The minimum absolute atomic E-state index is 0.186. The van der Waals surface area contributed by atoms with Crippen molar-refractivity contribution < 1.29 is 23.9 Å². The molecular formula is C21H19ClN2O5. The zero-order valence-corrected chi connectivity index (χ0v) is 16.9. The van der Waals surface area contributed by atoms with E-state index < -0.39 is 17.8 Å². The maximum atomic E-state index is 13.0. The van der Waals surface area contributed by atoms with Gasteiger partial charge in [-0.2, -0.15) is 0 Å². The van der Waals surface area contributed by atoms with E-state index in [4.69, 9.17) is 21.1 Å². The van der Waals surface area contributed by atoms with Crippen LogP contribution in [0.5, 0.6) is 11.5 Å². The number of rotatable bonds is 5. The largest absolute Gasteiger partial charge is 0.493 e. The number of imide groups is 2. The number of amides is 4. The summed E-state index contributed by atoms with van der Waals surface area (Å²) in [6.45, 7) is 4.06. The molecule has 29 heavy (non-hydrogen) atoms. The maximum Gasteiger partial charge on any atom is 0.335 e. The molecular weight excluding hydrogens is 396 g/mol. The molecule has 0 atom stereocenters. The molecule has 0 unspecified atom stereocenters. The van der Waals surface area contributed by atoms with Gasteiger partial charge in [-0.1, -0.05) is 23.7 Å². The van der Waals surface area contributed by atoms with Crippen LogP contribution in [-0.2, 0) is 9.59 Å². The Bertz CT molecular complexity index is 1030. The van der Waals surface area contributed by atoms with Crippen LogP contribution in [0.2, 0.25) is 5.02 Å². The van der Waals surface area contributed by atoms with E-state index in [0.717, 1.165) is 10.5 Å². The van der Waals surface area contributed by atoms with Gasteiger partial charge in [0.15, 0.2) is 11.5 Å². The first-order chi connectivity index (χ1) is 13.8. The van der Waals surface area contributed by atoms with Crippen LogP contribution in [0.4, 0.5) is 10.5 Å². The Labute approximate surface area is 172 Å². The van der Waals surface area contributed by atoms with Gasteiger partial charge < -0.3 is 9.47 Å². The summed E-state index contributed by atoms with van der Waals surface area (Å²) in [6.07, 6.45) is 1.40. The summed E-state index contributed by atoms with van der Waals surface area (Å²) < 4.78 is 10.8. The Morgan fingerprint density at radius 3 is 2.52 bits per heavy atom. The van der Waals surface area contributed by atoms with Crippen LogP contribution in [-0.4, -0.2) is 31.6 Å². The van der Waals surface area contributed by atoms with E-state index in [1.54, 1.807) is 37.3 Å². The molecule has 1 heterocycles. The predicted molar refractivity (Wildman–Crippen MR) is 109 cm³/mol. The van der Waals surface area contributed by atoms with Gasteiger partial charge >= 0.3 is 6.03 Å². The van der Waals surface area contributed by atoms with Crippen molar-refractivity contribution in [1.29, 1.82) is 0 Å². The van der Waals surface area contributed by atoms with Gasteiger partial charge in [0.2, 0.25) is 0 Å². The molecule has 1 N–H and O–H groups in total. The topological polar surface area (TPSA) is 84.9 Å². The van der Waals surface area contributed by atoms with Gasteiger partial charge in [-0.15, -0.1) is 0 Å². The molecule has 0 radical (unpaired) electrons. The van der Waals surface area contributed by atoms with E-state index in [1.807, 2.05) is 6.92 Å². The Balaban J connectivity index is 2.01. The predicted octanol–water partition coefficient (Wildman–Crippen LogP) is 3.72. The highest BCUT2D eigenvalue weighted by atomic mass is 35.5. The van der Waals surface area contributed by atoms with E-state index in [0.29, 0.717) is 28.7 Å². The Morgan fingerprint density at radius 2 is 1.86 bits per heavy atom. The lowest BCUT2D eigenvalue weighted by Gasteiger charge is -2.26. The molecule has 0 aliphatic carbocycles. The molecule has 0 bridgehead atoms. The summed E-state index contributed by atoms with van der Waals surface area (Å²) in [5, 5.41) is 2.59. The van der Waals surface area contributed by atoms with Crippen LogP contribution in [0.15, 0.2) is 42.0 Å². The Kier molecular flexibility index (Phi) is 5.89. The van der Waals surface area contributed by atoms with E-state index in [9.17, 15) is 14.4 Å². The second kappa shape index (κ2) is 8.36. The molecule has 1 fully saturated rings. The summed E-state index contributed by atoms with van der Waals surface area (Å²) in [5.74, 6) is -0.513. The fourth-order valence-corrected chi connectivity index (χ4v) is 3.01. The SMILES string of the molecule is CCOc1cc(/C=C2/C(=O)NC(=O)N(c3ccc(C)c(Cl)c3)C2=O)ccc1OC. The number of methoxy groups -OCH3 is 1. The summed E-state index contributed by atoms with van der Waals surface area (Å²) >= 11 is 6.12. The van der Waals surface area contributed by atoms with Gasteiger partial charge in [0.1, 0.15) is 5.57 Å². The van der Waals surface area contributed by atoms with Crippen molar-refractivity contribution in [3.63, 3.8) is 0 Å². The van der Waals surface area contributed by atoms with Gasteiger partial charge in [-0.25, -0.2) is 9.69 Å². The molecule has 2 aromatic carbocycles. The molecule has 150 valence electrons. The molecule has 4 amide bonds. The molecule has 1 aliphatic heterocycles. The summed E-state index contributed by atoms with van der Waals surface area (Å²) in [7, 11) is 1.52. The zero-order valence-electron chi connectivity index (χ0n) is 16.1. The highest BCUT2D eigenvalue weighted by molar-refractivity contribution is 6.39. The molecule has 0 aromatic heterocycles. The first kappa shape index (κ1) is 20.4. The number of nitrogens with zero attached hydrogens (tertiary/aromatic N) is 1. The van der Waals surface area contributed by atoms with E-state index in [1.165, 1.54) is 19.3 Å². The number of barbiturate groups is 1. The third kappa shape index (κ3) is 4.09. The Hall–Kier alpha value is -3.32. The number of aryl methyl sites for hydroxylation is 1. The summed E-state index contributed by atoms with van der Waals surface area (Å²) in [6, 6.07) is 8.95. The lowest BCUT2D eigenvalue weighted by molar-refractivity contribution is -0.122. The number of urea groups is 1. The minimum atomic E-state index is -0.832. The molecule has 1 saturated heterocycles. The van der Waals surface area contributed by atoms with Gasteiger partial charge in [-0.05, 0) is 55.3 Å². The molecule has 0 spiro atoms. The average molecular weight is 415 g/mol. The van der Waals surface area contributed by atoms with Crippen LogP contribution in [0.1, 0.15) is 18.1 Å². The maximum absolute atomic E-state index is 13.0. The normalized spacial score (nSPS) is 15.5. The number of carbonyl (C=O) groups excluding carboxylic acids is 3. The fourth-order valence-electron chi connectivity index (χ4n) is 2.83. The lowest BCUT2D eigenvalue weighted by Crippen LogP contribution is -2.54. The number of nitrogens with one attached hydrogen (secondary N) is 1. The monoisotopic (exact) mass is 414 g/mol. The van der Waals surface area contributed by atoms with Gasteiger partial charge in [-0.3, -0.25) is 14.9 Å². The Morgan fingerprint density at radius 1 is 1.10 bits per heavy atom. The number of ether oxygens (including phenoxy) is 2. The smallest absolute Gasteiger partial charge is 0.335 e. The van der Waals surface area contributed by atoms with Crippen LogP contribution in [0, 0.1) is 6.92 Å². The quantitative estimate of drug-likeness (QED) is 0.595. The van der Waals surface area contributed by atoms with Gasteiger partial charge in [0.05, 0.1) is 19.4 Å².